The summed E-state index contributed by atoms with van der Waals surface area (Å²) in [7, 11) is 0. The van der Waals surface area contributed by atoms with Gasteiger partial charge in [-0.1, -0.05) is 39.0 Å². The minimum atomic E-state index is -1.93. The van der Waals surface area contributed by atoms with E-state index < -0.39 is 73.5 Å². The number of aliphatic carboxylic acids is 2. The normalized spacial score (nSPS) is 36.7. The summed E-state index contributed by atoms with van der Waals surface area (Å²) in [5.41, 5.74) is 0.859. The Morgan fingerprint density at radius 3 is 2.40 bits per heavy atom. The zero-order valence-corrected chi connectivity index (χ0v) is 24.1. The fraction of sp³-hybridized carbons (Fsp3) is 0.759. The second-order valence-corrected chi connectivity index (χ2v) is 11.7. The Balaban J connectivity index is 1.69. The smallest absolute Gasteiger partial charge is 0.335 e. The number of allylic oxidation sites excluding steroid dienone is 2. The fourth-order valence-corrected chi connectivity index (χ4v) is 5.96. The van der Waals surface area contributed by atoms with E-state index in [1.165, 1.54) is 0 Å². The van der Waals surface area contributed by atoms with Gasteiger partial charge in [0, 0.05) is 18.8 Å². The SMILES string of the molecule is CC[C@H](C)C(=O)O[C@H]1C[C@H](O)C=C2C=C[C@H](C)[C@H](CC[C@@H](O)C[C@H](CC(=O)O)OC3O[C@H](C(=O)O)[C@@H](O)[C@H](O)[C@H]3O)[C@H]21. The number of carboxylic acids is 2. The molecule has 0 amide bonds. The molecule has 3 aliphatic rings. The molecular formula is C29H44O13. The van der Waals surface area contributed by atoms with Crippen molar-refractivity contribution < 1.29 is 64.3 Å². The van der Waals surface area contributed by atoms with Crippen LogP contribution in [0.25, 0.3) is 0 Å². The quantitative estimate of drug-likeness (QED) is 0.142. The average molecular weight is 601 g/mol. The molecule has 1 heterocycles. The van der Waals surface area contributed by atoms with E-state index in [0.29, 0.717) is 12.8 Å². The molecule has 13 heteroatoms. The highest BCUT2D eigenvalue weighted by molar-refractivity contribution is 5.73. The van der Waals surface area contributed by atoms with Gasteiger partial charge in [-0.2, -0.15) is 0 Å². The highest BCUT2D eigenvalue weighted by Crippen LogP contribution is 2.44. The molecule has 0 aromatic rings. The first-order valence-electron chi connectivity index (χ1n) is 14.5. The van der Waals surface area contributed by atoms with Crippen LogP contribution in [-0.2, 0) is 28.6 Å². The minimum absolute atomic E-state index is 0.0529. The number of carbonyl (C=O) groups excluding carboxylic acids is 1. The van der Waals surface area contributed by atoms with E-state index in [9.17, 15) is 50.1 Å². The van der Waals surface area contributed by atoms with Crippen LogP contribution in [0.4, 0.5) is 0 Å². The number of esters is 1. The summed E-state index contributed by atoms with van der Waals surface area (Å²) >= 11 is 0. The van der Waals surface area contributed by atoms with Gasteiger partial charge in [0.1, 0.15) is 24.4 Å². The molecule has 0 radical (unpaired) electrons. The van der Waals surface area contributed by atoms with Gasteiger partial charge in [0.15, 0.2) is 12.4 Å². The fourth-order valence-electron chi connectivity index (χ4n) is 5.96. The molecular weight excluding hydrogens is 556 g/mol. The molecule has 1 unspecified atom stereocenters. The van der Waals surface area contributed by atoms with Crippen LogP contribution in [0.15, 0.2) is 23.8 Å². The number of ether oxygens (including phenoxy) is 3. The van der Waals surface area contributed by atoms with Crippen LogP contribution in [0.3, 0.4) is 0 Å². The zero-order valence-electron chi connectivity index (χ0n) is 24.1. The van der Waals surface area contributed by atoms with Crippen molar-refractivity contribution in [1.82, 2.24) is 0 Å². The summed E-state index contributed by atoms with van der Waals surface area (Å²) in [6, 6.07) is 0. The highest BCUT2D eigenvalue weighted by Gasteiger charge is 2.48. The molecule has 42 heavy (non-hydrogen) atoms. The van der Waals surface area contributed by atoms with Crippen LogP contribution in [0, 0.1) is 23.7 Å². The molecule has 3 rings (SSSR count). The molecule has 2 aliphatic carbocycles. The summed E-state index contributed by atoms with van der Waals surface area (Å²) in [5.74, 6) is -3.72. The van der Waals surface area contributed by atoms with Gasteiger partial charge in [0.25, 0.3) is 0 Å². The standard InChI is InChI=1S/C29H44O13/c1-4-13(2)28(39)41-20-11-17(31)9-15-6-5-14(3)19(22(15)20)8-7-16(30)10-18(12-21(32)33)40-29-25(36)23(34)24(35)26(42-29)27(37)38/h5-6,9,13-14,16-20,22-26,29-31,34-36H,4,7-8,10-12H2,1-3H3,(H,32,33)(H,37,38)/t13-,14-,16+,17+,18+,19-,20-,22-,23-,24-,25+,26-,29?/m0/s1. The van der Waals surface area contributed by atoms with Gasteiger partial charge >= 0.3 is 17.9 Å². The third-order valence-electron chi connectivity index (χ3n) is 8.57. The van der Waals surface area contributed by atoms with Crippen molar-refractivity contribution in [3.05, 3.63) is 23.8 Å². The Morgan fingerprint density at radius 2 is 1.79 bits per heavy atom. The monoisotopic (exact) mass is 600 g/mol. The van der Waals surface area contributed by atoms with Crippen LogP contribution >= 0.6 is 0 Å². The number of rotatable bonds is 13. The number of carbonyl (C=O) groups is 3. The third-order valence-corrected chi connectivity index (χ3v) is 8.57. The van der Waals surface area contributed by atoms with Crippen molar-refractivity contribution in [3.8, 4) is 0 Å². The molecule has 1 saturated heterocycles. The Morgan fingerprint density at radius 1 is 1.10 bits per heavy atom. The molecule has 13 atom stereocenters. The molecule has 0 bridgehead atoms. The van der Waals surface area contributed by atoms with Crippen molar-refractivity contribution >= 4 is 17.9 Å². The van der Waals surface area contributed by atoms with Gasteiger partial charge in [-0.3, -0.25) is 9.59 Å². The van der Waals surface area contributed by atoms with Gasteiger partial charge in [0.2, 0.25) is 0 Å². The largest absolute Gasteiger partial charge is 0.481 e. The molecule has 13 nitrogen and oxygen atoms in total. The van der Waals surface area contributed by atoms with Crippen LogP contribution in [0.2, 0.25) is 0 Å². The second-order valence-electron chi connectivity index (χ2n) is 11.7. The van der Waals surface area contributed by atoms with Gasteiger partial charge in [-0.05, 0) is 36.7 Å². The molecule has 0 aromatic carbocycles. The highest BCUT2D eigenvalue weighted by atomic mass is 16.7. The molecule has 0 aromatic heterocycles. The number of carboxylic acid groups (broad SMARTS) is 2. The third kappa shape index (κ3) is 8.37. The van der Waals surface area contributed by atoms with Gasteiger partial charge in [0.05, 0.1) is 30.7 Å². The summed E-state index contributed by atoms with van der Waals surface area (Å²) < 4.78 is 16.5. The lowest BCUT2D eigenvalue weighted by Crippen LogP contribution is -2.61. The Labute approximate surface area is 244 Å². The summed E-state index contributed by atoms with van der Waals surface area (Å²) in [6.45, 7) is 5.69. The molecule has 1 fully saturated rings. The predicted octanol–water partition coefficient (Wildman–Crippen LogP) is 0.357. The maximum absolute atomic E-state index is 12.6. The number of fused-ring (bicyclic) bond motifs is 1. The zero-order chi connectivity index (χ0) is 31.3. The summed E-state index contributed by atoms with van der Waals surface area (Å²) in [6.07, 6.45) is -6.54. The second kappa shape index (κ2) is 14.9. The van der Waals surface area contributed by atoms with Gasteiger partial charge in [-0.15, -0.1) is 0 Å². The molecule has 0 spiro atoms. The minimum Gasteiger partial charge on any atom is -0.481 e. The van der Waals surface area contributed by atoms with Crippen molar-refractivity contribution in [2.75, 3.05) is 0 Å². The van der Waals surface area contributed by atoms with Crippen LogP contribution in [0.5, 0.6) is 0 Å². The number of hydrogen-bond acceptors (Lipinski definition) is 11. The van der Waals surface area contributed by atoms with E-state index in [-0.39, 0.29) is 48.9 Å². The predicted molar refractivity (Wildman–Crippen MR) is 145 cm³/mol. The molecule has 238 valence electrons. The van der Waals surface area contributed by atoms with Gasteiger partial charge < -0.3 is 50.0 Å². The molecule has 0 saturated carbocycles. The summed E-state index contributed by atoms with van der Waals surface area (Å²) in [4.78, 5) is 35.5. The van der Waals surface area contributed by atoms with Crippen molar-refractivity contribution in [3.63, 3.8) is 0 Å². The topological polar surface area (TPSA) is 221 Å². The van der Waals surface area contributed by atoms with E-state index in [1.807, 2.05) is 26.0 Å². The number of aliphatic hydroxyl groups is 5. The van der Waals surface area contributed by atoms with Crippen LogP contribution in [-0.4, -0.2) is 109 Å². The lowest BCUT2D eigenvalue weighted by Gasteiger charge is -2.43. The Kier molecular flexibility index (Phi) is 12.1. The summed E-state index contributed by atoms with van der Waals surface area (Å²) in [5, 5.41) is 70.2. The van der Waals surface area contributed by atoms with E-state index in [1.54, 1.807) is 13.0 Å². The van der Waals surface area contributed by atoms with E-state index in [4.69, 9.17) is 14.2 Å². The number of aliphatic hydroxyl groups excluding tert-OH is 5. The average Bonchev–Trinajstić information content (AvgIpc) is 2.91. The first-order valence-corrected chi connectivity index (χ1v) is 14.5. The lowest BCUT2D eigenvalue weighted by molar-refractivity contribution is -0.305. The molecule has 7 N–H and O–H groups in total. The van der Waals surface area contributed by atoms with Crippen LogP contribution < -0.4 is 0 Å². The maximum atomic E-state index is 12.6. The lowest BCUT2D eigenvalue weighted by atomic mass is 9.66. The van der Waals surface area contributed by atoms with E-state index in [2.05, 4.69) is 0 Å². The first kappa shape index (κ1) is 34.1. The number of hydrogen-bond donors (Lipinski definition) is 7. The van der Waals surface area contributed by atoms with Crippen molar-refractivity contribution in [2.45, 2.75) is 114 Å². The maximum Gasteiger partial charge on any atom is 0.335 e. The van der Waals surface area contributed by atoms with Crippen molar-refractivity contribution in [1.29, 1.82) is 0 Å². The first-order chi connectivity index (χ1) is 19.7. The Hall–Kier alpha value is -2.39. The van der Waals surface area contributed by atoms with Crippen LogP contribution in [0.1, 0.15) is 59.3 Å². The van der Waals surface area contributed by atoms with Gasteiger partial charge in [-0.25, -0.2) is 4.79 Å². The van der Waals surface area contributed by atoms with E-state index >= 15 is 0 Å². The Bertz CT molecular complexity index is 1010. The van der Waals surface area contributed by atoms with Crippen molar-refractivity contribution in [2.24, 2.45) is 23.7 Å². The van der Waals surface area contributed by atoms with E-state index in [0.717, 1.165) is 5.57 Å². The molecule has 1 aliphatic heterocycles.